The third-order valence-electron chi connectivity index (χ3n) is 5.88. The lowest BCUT2D eigenvalue weighted by molar-refractivity contribution is -0.118. The van der Waals surface area contributed by atoms with Crippen LogP contribution in [0.2, 0.25) is 0 Å². The van der Waals surface area contributed by atoms with E-state index < -0.39 is 11.9 Å². The van der Waals surface area contributed by atoms with Gasteiger partial charge in [-0.25, -0.2) is 9.78 Å². The number of hydrogen-bond donors (Lipinski definition) is 0. The van der Waals surface area contributed by atoms with Crippen molar-refractivity contribution in [2.45, 2.75) is 26.3 Å². The van der Waals surface area contributed by atoms with Crippen molar-refractivity contribution >= 4 is 28.6 Å². The molecule has 5 aromatic rings. The van der Waals surface area contributed by atoms with Gasteiger partial charge in [0.25, 0.3) is 5.56 Å². The number of hydrogen-bond acceptors (Lipinski definition) is 6. The molecule has 0 fully saturated rings. The lowest BCUT2D eigenvalue weighted by Crippen LogP contribution is -2.33. The Hall–Kier alpha value is -4.79. The number of fused-ring (bicyclic) bond motifs is 2. The number of carbonyl (C=O) groups excluding carboxylic acids is 2. The lowest BCUT2D eigenvalue weighted by Gasteiger charge is -2.14. The van der Waals surface area contributed by atoms with Crippen LogP contribution in [0, 0.1) is 0 Å². The number of ether oxygens (including phenoxy) is 1. The van der Waals surface area contributed by atoms with Crippen molar-refractivity contribution in [2.75, 3.05) is 6.61 Å². The topological polar surface area (TPSA) is 108 Å². The standard InChI is InChI=1S/C28H24N4O5/c1-2-36-28(35)22-17-21-25(29-23-12-6-7-15-31(23)27(21)34)32(18-20-11-8-16-37-20)26(22)30-24(33)14-13-19-9-4-3-5-10-19/h3-12,15-17H,2,13-14,18H2,1H3. The zero-order valence-corrected chi connectivity index (χ0v) is 20.2. The SMILES string of the molecule is CCOC(=O)c1cc2c(=O)n3ccccc3nc2n(Cc2ccco2)c1=NC(=O)CCc1ccccc1. The molecule has 0 saturated carbocycles. The summed E-state index contributed by atoms with van der Waals surface area (Å²) in [7, 11) is 0. The number of carbonyl (C=O) groups is 2. The highest BCUT2D eigenvalue weighted by molar-refractivity contribution is 5.93. The maximum Gasteiger partial charge on any atom is 0.341 e. The van der Waals surface area contributed by atoms with Crippen LogP contribution in [0.25, 0.3) is 16.7 Å². The molecule has 5 rings (SSSR count). The summed E-state index contributed by atoms with van der Waals surface area (Å²) in [5.41, 5.74) is 1.39. The van der Waals surface area contributed by atoms with E-state index in [1.54, 1.807) is 48.0 Å². The van der Waals surface area contributed by atoms with E-state index in [1.165, 1.54) is 16.7 Å². The second-order valence-electron chi connectivity index (χ2n) is 8.34. The van der Waals surface area contributed by atoms with Gasteiger partial charge < -0.3 is 13.7 Å². The molecule has 0 aliphatic carbocycles. The minimum absolute atomic E-state index is 0.00347. The van der Waals surface area contributed by atoms with Crippen molar-refractivity contribution in [3.63, 3.8) is 0 Å². The summed E-state index contributed by atoms with van der Waals surface area (Å²) in [6.45, 7) is 1.89. The van der Waals surface area contributed by atoms with Crippen LogP contribution in [0.15, 0.2) is 93.4 Å². The zero-order chi connectivity index (χ0) is 25.8. The minimum Gasteiger partial charge on any atom is -0.467 e. The molecule has 0 saturated heterocycles. The molecule has 4 aromatic heterocycles. The van der Waals surface area contributed by atoms with Crippen LogP contribution in [0.3, 0.4) is 0 Å². The van der Waals surface area contributed by atoms with Gasteiger partial charge in [-0.2, -0.15) is 4.99 Å². The first-order chi connectivity index (χ1) is 18.0. The Morgan fingerprint density at radius 1 is 1.05 bits per heavy atom. The number of aromatic nitrogens is 3. The lowest BCUT2D eigenvalue weighted by atomic mass is 10.1. The maximum absolute atomic E-state index is 13.4. The summed E-state index contributed by atoms with van der Waals surface area (Å²) in [5, 5.41) is 0.189. The molecular weight excluding hydrogens is 472 g/mol. The summed E-state index contributed by atoms with van der Waals surface area (Å²) in [6.07, 6.45) is 3.76. The normalized spacial score (nSPS) is 11.8. The van der Waals surface area contributed by atoms with E-state index >= 15 is 0 Å². The van der Waals surface area contributed by atoms with Gasteiger partial charge in [0.2, 0.25) is 5.91 Å². The Balaban J connectivity index is 1.75. The number of benzene rings is 1. The van der Waals surface area contributed by atoms with E-state index in [0.717, 1.165) is 5.56 Å². The van der Waals surface area contributed by atoms with E-state index in [-0.39, 0.29) is 47.2 Å². The van der Waals surface area contributed by atoms with E-state index in [4.69, 9.17) is 9.15 Å². The molecule has 0 spiro atoms. The van der Waals surface area contributed by atoms with Gasteiger partial charge in [-0.05, 0) is 49.2 Å². The fourth-order valence-corrected chi connectivity index (χ4v) is 4.14. The monoisotopic (exact) mass is 496 g/mol. The highest BCUT2D eigenvalue weighted by Gasteiger charge is 2.20. The van der Waals surface area contributed by atoms with Crippen molar-refractivity contribution in [3.05, 3.63) is 112 Å². The second kappa shape index (κ2) is 10.4. The Labute approximate surface area is 211 Å². The van der Waals surface area contributed by atoms with Crippen molar-refractivity contribution in [1.82, 2.24) is 14.0 Å². The first-order valence-electron chi connectivity index (χ1n) is 11.9. The maximum atomic E-state index is 13.4. The molecule has 0 atom stereocenters. The highest BCUT2D eigenvalue weighted by Crippen LogP contribution is 2.14. The fourth-order valence-electron chi connectivity index (χ4n) is 4.14. The van der Waals surface area contributed by atoms with Crippen LogP contribution in [0.5, 0.6) is 0 Å². The van der Waals surface area contributed by atoms with Crippen LogP contribution in [0.1, 0.15) is 35.0 Å². The smallest absolute Gasteiger partial charge is 0.341 e. The molecule has 0 unspecified atom stereocenters. The van der Waals surface area contributed by atoms with Crippen LogP contribution < -0.4 is 11.0 Å². The third kappa shape index (κ3) is 4.97. The molecule has 0 aliphatic rings. The van der Waals surface area contributed by atoms with Crippen molar-refractivity contribution in [3.8, 4) is 0 Å². The molecule has 186 valence electrons. The number of pyridine rings is 2. The number of aryl methyl sites for hydroxylation is 1. The number of furan rings is 1. The summed E-state index contributed by atoms with van der Waals surface area (Å²) in [6, 6.07) is 19.7. The second-order valence-corrected chi connectivity index (χ2v) is 8.34. The van der Waals surface area contributed by atoms with Crippen molar-refractivity contribution < 1.29 is 18.7 Å². The summed E-state index contributed by atoms with van der Waals surface area (Å²) in [5.74, 6) is -0.570. The van der Waals surface area contributed by atoms with Crippen LogP contribution in [-0.4, -0.2) is 32.4 Å². The fraction of sp³-hybridized carbons (Fsp3) is 0.179. The molecule has 1 amide bonds. The van der Waals surface area contributed by atoms with Gasteiger partial charge in [0.15, 0.2) is 5.49 Å². The van der Waals surface area contributed by atoms with E-state index in [1.807, 2.05) is 30.3 Å². The van der Waals surface area contributed by atoms with Crippen molar-refractivity contribution in [1.29, 1.82) is 0 Å². The van der Waals surface area contributed by atoms with Crippen LogP contribution >= 0.6 is 0 Å². The Kier molecular flexibility index (Phi) is 6.76. The van der Waals surface area contributed by atoms with E-state index in [2.05, 4.69) is 9.98 Å². The average molecular weight is 497 g/mol. The summed E-state index contributed by atoms with van der Waals surface area (Å²) in [4.78, 5) is 48.5. The van der Waals surface area contributed by atoms with Gasteiger partial charge in [0.1, 0.15) is 22.6 Å². The van der Waals surface area contributed by atoms with Gasteiger partial charge in [-0.1, -0.05) is 36.4 Å². The first kappa shape index (κ1) is 23.9. The highest BCUT2D eigenvalue weighted by atomic mass is 16.5. The Morgan fingerprint density at radius 3 is 2.62 bits per heavy atom. The Bertz CT molecular complexity index is 1720. The van der Waals surface area contributed by atoms with Gasteiger partial charge in [0.05, 0.1) is 24.8 Å². The largest absolute Gasteiger partial charge is 0.467 e. The molecule has 4 heterocycles. The number of esters is 1. The molecule has 9 nitrogen and oxygen atoms in total. The predicted molar refractivity (Wildman–Crippen MR) is 136 cm³/mol. The summed E-state index contributed by atoms with van der Waals surface area (Å²) < 4.78 is 13.8. The molecule has 0 bridgehead atoms. The molecule has 0 radical (unpaired) electrons. The van der Waals surface area contributed by atoms with Gasteiger partial charge in [-0.3, -0.25) is 14.0 Å². The van der Waals surface area contributed by atoms with Gasteiger partial charge in [0, 0.05) is 12.6 Å². The first-order valence-corrected chi connectivity index (χ1v) is 11.9. The van der Waals surface area contributed by atoms with Crippen molar-refractivity contribution in [2.24, 2.45) is 4.99 Å². The van der Waals surface area contributed by atoms with Crippen LogP contribution in [-0.2, 0) is 22.5 Å². The summed E-state index contributed by atoms with van der Waals surface area (Å²) >= 11 is 0. The molecule has 37 heavy (non-hydrogen) atoms. The van der Waals surface area contributed by atoms with Crippen LogP contribution in [0.4, 0.5) is 0 Å². The zero-order valence-electron chi connectivity index (χ0n) is 20.2. The third-order valence-corrected chi connectivity index (χ3v) is 5.88. The number of rotatable bonds is 7. The quantitative estimate of drug-likeness (QED) is 0.252. The number of nitrogens with zero attached hydrogens (tertiary/aromatic N) is 4. The molecule has 9 heteroatoms. The van der Waals surface area contributed by atoms with Gasteiger partial charge >= 0.3 is 5.97 Å². The minimum atomic E-state index is -0.690. The molecule has 0 aliphatic heterocycles. The van der Waals surface area contributed by atoms with E-state index in [0.29, 0.717) is 17.8 Å². The average Bonchev–Trinajstić information content (AvgIpc) is 3.43. The van der Waals surface area contributed by atoms with Gasteiger partial charge in [-0.15, -0.1) is 0 Å². The molecule has 1 aromatic carbocycles. The molecule has 0 N–H and O–H groups in total. The predicted octanol–water partition coefficient (Wildman–Crippen LogP) is 3.53. The molecular formula is C28H24N4O5. The number of amides is 1. The van der Waals surface area contributed by atoms with E-state index in [9.17, 15) is 14.4 Å². The Morgan fingerprint density at radius 2 is 1.86 bits per heavy atom.